The van der Waals surface area contributed by atoms with E-state index in [4.69, 9.17) is 11.6 Å². The van der Waals surface area contributed by atoms with E-state index < -0.39 is 17.4 Å². The highest BCUT2D eigenvalue weighted by Crippen LogP contribution is 2.48. The predicted octanol–water partition coefficient (Wildman–Crippen LogP) is 5.74. The van der Waals surface area contributed by atoms with Crippen LogP contribution in [0.4, 0.5) is 5.69 Å². The minimum Gasteiger partial charge on any atom is -0.508 e. The fourth-order valence-electron chi connectivity index (χ4n) is 4.32. The molecule has 1 amide bonds. The minimum absolute atomic E-state index is 0.0587. The standard InChI is InChI=1S/C28H23ClN2O4S/c29-20-7-3-18(4-8-20)25(34)16-36-27-26(23-12-11-22(32)14-24(23)33)31(28(27)35)21-9-5-17(6-10-21)19-2-1-13-30-15-19/h1-15,25-27,32-34H,16H2/t25-,26+,27+/m0/s1. The maximum Gasteiger partial charge on any atom is 0.243 e. The molecule has 4 aromatic rings. The lowest BCUT2D eigenvalue weighted by atomic mass is 9.91. The van der Waals surface area contributed by atoms with Gasteiger partial charge < -0.3 is 20.2 Å². The van der Waals surface area contributed by atoms with Gasteiger partial charge in [0.05, 0.1) is 12.1 Å². The number of anilines is 1. The van der Waals surface area contributed by atoms with Crippen LogP contribution >= 0.6 is 23.4 Å². The number of aliphatic hydroxyl groups is 1. The second kappa shape index (κ2) is 10.2. The summed E-state index contributed by atoms with van der Waals surface area (Å²) in [5, 5.41) is 31.1. The van der Waals surface area contributed by atoms with Crippen LogP contribution in [0.5, 0.6) is 11.5 Å². The van der Waals surface area contributed by atoms with Crippen molar-refractivity contribution in [3.05, 3.63) is 107 Å². The number of benzene rings is 3. The average Bonchev–Trinajstić information content (AvgIpc) is 2.89. The summed E-state index contributed by atoms with van der Waals surface area (Å²) in [7, 11) is 0. The van der Waals surface area contributed by atoms with Gasteiger partial charge in [0.1, 0.15) is 16.7 Å². The second-order valence-electron chi connectivity index (χ2n) is 8.51. The fraction of sp³-hybridized carbons (Fsp3) is 0.143. The number of carbonyl (C=O) groups is 1. The van der Waals surface area contributed by atoms with Gasteiger partial charge in [-0.2, -0.15) is 0 Å². The van der Waals surface area contributed by atoms with Crippen LogP contribution in [0.15, 0.2) is 91.3 Å². The summed E-state index contributed by atoms with van der Waals surface area (Å²) < 4.78 is 0. The quantitative estimate of drug-likeness (QED) is 0.270. The molecule has 1 fully saturated rings. The number of β-lactam (4-membered cyclic amide) rings is 1. The van der Waals surface area contributed by atoms with E-state index in [0.29, 0.717) is 27.6 Å². The highest BCUT2D eigenvalue weighted by Gasteiger charge is 2.50. The Morgan fingerprint density at radius 1 is 0.972 bits per heavy atom. The summed E-state index contributed by atoms with van der Waals surface area (Å²) >= 11 is 7.28. The zero-order valence-corrected chi connectivity index (χ0v) is 20.6. The normalized spacial score (nSPS) is 18.1. The van der Waals surface area contributed by atoms with Gasteiger partial charge >= 0.3 is 0 Å². The van der Waals surface area contributed by atoms with Gasteiger partial charge in [-0.1, -0.05) is 41.9 Å². The molecule has 3 N–H and O–H groups in total. The molecule has 0 aliphatic carbocycles. The largest absolute Gasteiger partial charge is 0.508 e. The van der Waals surface area contributed by atoms with Crippen molar-refractivity contribution in [1.29, 1.82) is 0 Å². The van der Waals surface area contributed by atoms with Crippen molar-refractivity contribution in [3.8, 4) is 22.6 Å². The van der Waals surface area contributed by atoms with Crippen LogP contribution < -0.4 is 4.90 Å². The molecule has 1 aromatic heterocycles. The molecule has 3 aromatic carbocycles. The first kappa shape index (κ1) is 24.2. The number of hydrogen-bond acceptors (Lipinski definition) is 6. The van der Waals surface area contributed by atoms with Crippen molar-refractivity contribution in [3.63, 3.8) is 0 Å². The molecule has 1 aliphatic rings. The zero-order chi connectivity index (χ0) is 25.2. The molecule has 0 spiro atoms. The Bertz CT molecular complexity index is 1370. The maximum atomic E-state index is 13.3. The van der Waals surface area contributed by atoms with Crippen LogP contribution in [0.2, 0.25) is 5.02 Å². The second-order valence-corrected chi connectivity index (χ2v) is 10.1. The predicted molar refractivity (Wildman–Crippen MR) is 142 cm³/mol. The number of hydrogen-bond donors (Lipinski definition) is 3. The van der Waals surface area contributed by atoms with Crippen molar-refractivity contribution in [1.82, 2.24) is 4.98 Å². The topological polar surface area (TPSA) is 93.9 Å². The lowest BCUT2D eigenvalue weighted by molar-refractivity contribution is -0.123. The molecule has 1 aliphatic heterocycles. The average molecular weight is 519 g/mol. The van der Waals surface area contributed by atoms with Gasteiger partial charge in [0.25, 0.3) is 0 Å². The number of thioether (sulfide) groups is 1. The molecule has 2 heterocycles. The molecule has 0 unspecified atom stereocenters. The van der Waals surface area contributed by atoms with E-state index in [0.717, 1.165) is 11.1 Å². The molecule has 0 radical (unpaired) electrons. The van der Waals surface area contributed by atoms with E-state index >= 15 is 0 Å². The van der Waals surface area contributed by atoms with Crippen molar-refractivity contribution >= 4 is 35.0 Å². The smallest absolute Gasteiger partial charge is 0.243 e. The van der Waals surface area contributed by atoms with Gasteiger partial charge in [0, 0.05) is 40.5 Å². The van der Waals surface area contributed by atoms with Gasteiger partial charge in [-0.25, -0.2) is 0 Å². The molecular formula is C28H23ClN2O4S. The monoisotopic (exact) mass is 518 g/mol. The van der Waals surface area contributed by atoms with E-state index in [1.165, 1.54) is 23.9 Å². The van der Waals surface area contributed by atoms with Crippen LogP contribution in [0, 0.1) is 0 Å². The molecular weight excluding hydrogens is 496 g/mol. The fourth-order valence-corrected chi connectivity index (χ4v) is 5.74. The number of amides is 1. The van der Waals surface area contributed by atoms with Crippen molar-refractivity contribution in [2.45, 2.75) is 17.4 Å². The van der Waals surface area contributed by atoms with E-state index in [1.807, 2.05) is 36.4 Å². The minimum atomic E-state index is -0.776. The number of nitrogens with zero attached hydrogens (tertiary/aromatic N) is 2. The molecule has 6 nitrogen and oxygen atoms in total. The number of carbonyl (C=O) groups excluding carboxylic acids is 1. The molecule has 36 heavy (non-hydrogen) atoms. The Balaban J connectivity index is 1.40. The van der Waals surface area contributed by atoms with Crippen molar-refractivity contribution < 1.29 is 20.1 Å². The van der Waals surface area contributed by atoms with Crippen molar-refractivity contribution in [2.75, 3.05) is 10.7 Å². The van der Waals surface area contributed by atoms with Gasteiger partial charge in [0.2, 0.25) is 5.91 Å². The van der Waals surface area contributed by atoms with Crippen LogP contribution in [0.25, 0.3) is 11.1 Å². The Morgan fingerprint density at radius 3 is 2.39 bits per heavy atom. The van der Waals surface area contributed by atoms with Crippen LogP contribution in [0.3, 0.4) is 0 Å². The van der Waals surface area contributed by atoms with Crippen molar-refractivity contribution in [2.24, 2.45) is 0 Å². The van der Waals surface area contributed by atoms with E-state index in [9.17, 15) is 20.1 Å². The summed E-state index contributed by atoms with van der Waals surface area (Å²) in [6.07, 6.45) is 2.72. The maximum absolute atomic E-state index is 13.3. The number of pyridine rings is 1. The van der Waals surface area contributed by atoms with E-state index in [-0.39, 0.29) is 17.4 Å². The SMILES string of the molecule is O=C1[C@H](SC[C@H](O)c2ccc(Cl)cc2)[C@@H](c2ccc(O)cc2O)N1c1ccc(-c2cccnc2)cc1. The third kappa shape index (κ3) is 4.78. The lowest BCUT2D eigenvalue weighted by Crippen LogP contribution is -2.57. The summed E-state index contributed by atoms with van der Waals surface area (Å²) in [5.74, 6) is 0.0288. The highest BCUT2D eigenvalue weighted by atomic mass is 35.5. The molecule has 182 valence electrons. The van der Waals surface area contributed by atoms with Gasteiger partial charge in [0.15, 0.2) is 0 Å². The molecule has 1 saturated heterocycles. The molecule has 0 saturated carbocycles. The Hall–Kier alpha value is -3.52. The first-order chi connectivity index (χ1) is 17.4. The summed E-state index contributed by atoms with van der Waals surface area (Å²) in [4.78, 5) is 19.1. The Labute approximate surface area is 217 Å². The lowest BCUT2D eigenvalue weighted by Gasteiger charge is -2.47. The molecule has 0 bridgehead atoms. The van der Waals surface area contributed by atoms with Crippen LogP contribution in [-0.2, 0) is 4.79 Å². The third-order valence-corrected chi connectivity index (χ3v) is 7.79. The summed E-state index contributed by atoms with van der Waals surface area (Å²) in [6.45, 7) is 0. The zero-order valence-electron chi connectivity index (χ0n) is 19.0. The number of halogens is 1. The Morgan fingerprint density at radius 2 is 1.72 bits per heavy atom. The Kier molecular flexibility index (Phi) is 6.87. The highest BCUT2D eigenvalue weighted by molar-refractivity contribution is 8.00. The first-order valence-electron chi connectivity index (χ1n) is 11.3. The van der Waals surface area contributed by atoms with E-state index in [1.54, 1.807) is 47.6 Å². The number of phenolic OH excluding ortho intramolecular Hbond substituents is 2. The van der Waals surface area contributed by atoms with Gasteiger partial charge in [-0.3, -0.25) is 9.78 Å². The molecule has 5 rings (SSSR count). The molecule has 3 atom stereocenters. The number of aromatic hydroxyl groups is 2. The summed E-state index contributed by atoms with van der Waals surface area (Å²) in [6, 6.07) is 22.3. The number of rotatable bonds is 7. The summed E-state index contributed by atoms with van der Waals surface area (Å²) in [5.41, 5.74) is 3.88. The van der Waals surface area contributed by atoms with Crippen LogP contribution in [-0.4, -0.2) is 37.2 Å². The first-order valence-corrected chi connectivity index (χ1v) is 12.8. The van der Waals surface area contributed by atoms with Crippen LogP contribution in [0.1, 0.15) is 23.3 Å². The number of phenols is 2. The van der Waals surface area contributed by atoms with E-state index in [2.05, 4.69) is 4.98 Å². The van der Waals surface area contributed by atoms with Gasteiger partial charge in [-0.15, -0.1) is 11.8 Å². The number of aromatic nitrogens is 1. The third-order valence-electron chi connectivity index (χ3n) is 6.21. The number of aliphatic hydroxyl groups excluding tert-OH is 1. The van der Waals surface area contributed by atoms with Gasteiger partial charge in [-0.05, 0) is 59.2 Å². The molecule has 8 heteroatoms.